The molecule has 9 nitrogen and oxygen atoms in total. The van der Waals surface area contributed by atoms with Gasteiger partial charge in [0.2, 0.25) is 0 Å². The summed E-state index contributed by atoms with van der Waals surface area (Å²) in [6.07, 6.45) is 6.47. The second-order valence-corrected chi connectivity index (χ2v) is 8.20. The van der Waals surface area contributed by atoms with Gasteiger partial charge in [-0.25, -0.2) is 19.7 Å². The maximum absolute atomic E-state index is 13.1. The average molecular weight is 456 g/mol. The van der Waals surface area contributed by atoms with Crippen LogP contribution < -0.4 is 10.6 Å². The van der Waals surface area contributed by atoms with Crippen molar-refractivity contribution >= 4 is 33.8 Å². The summed E-state index contributed by atoms with van der Waals surface area (Å²) in [5.41, 5.74) is 2.51. The fraction of sp³-hybridized carbons (Fsp3) is 0.240. The van der Waals surface area contributed by atoms with Crippen molar-refractivity contribution in [3.63, 3.8) is 0 Å². The van der Waals surface area contributed by atoms with E-state index in [-0.39, 0.29) is 25.1 Å². The first-order chi connectivity index (χ1) is 16.2. The molecule has 1 N–H and O–H groups in total. The van der Waals surface area contributed by atoms with E-state index >= 15 is 0 Å². The van der Waals surface area contributed by atoms with E-state index in [0.717, 1.165) is 48.2 Å². The van der Waals surface area contributed by atoms with E-state index in [4.69, 9.17) is 0 Å². The van der Waals surface area contributed by atoms with Crippen molar-refractivity contribution in [1.82, 2.24) is 29.1 Å². The molecule has 1 aliphatic heterocycles. The highest BCUT2D eigenvalue weighted by molar-refractivity contribution is 6.01. The molecule has 172 valence electrons. The number of nitrogens with one attached hydrogen (secondary N) is 1. The van der Waals surface area contributed by atoms with Gasteiger partial charge < -0.3 is 4.90 Å². The zero-order chi connectivity index (χ0) is 22.4. The Labute approximate surface area is 195 Å². The number of benzene rings is 1. The molecule has 0 saturated carbocycles. The normalized spacial score (nSPS) is 14.4. The van der Waals surface area contributed by atoms with Crippen molar-refractivity contribution in [3.05, 3.63) is 83.4 Å². The van der Waals surface area contributed by atoms with Crippen molar-refractivity contribution < 1.29 is 4.79 Å². The number of H-pyrrole nitrogens is 1. The Kier molecular flexibility index (Phi) is 5.45. The van der Waals surface area contributed by atoms with Crippen LogP contribution in [-0.4, -0.2) is 48.1 Å². The van der Waals surface area contributed by atoms with E-state index in [2.05, 4.69) is 24.8 Å². The molecule has 1 fully saturated rings. The van der Waals surface area contributed by atoms with E-state index in [1.165, 1.54) is 6.33 Å². The van der Waals surface area contributed by atoms with Gasteiger partial charge >= 0.3 is 5.69 Å². The summed E-state index contributed by atoms with van der Waals surface area (Å²) in [4.78, 5) is 43.5. The molecule has 4 aromatic heterocycles. The van der Waals surface area contributed by atoms with Crippen molar-refractivity contribution in [2.45, 2.75) is 26.3 Å². The fourth-order valence-electron chi connectivity index (χ4n) is 4.69. The minimum atomic E-state index is -0.187. The third kappa shape index (κ3) is 3.55. The van der Waals surface area contributed by atoms with Gasteiger partial charge in [0.25, 0.3) is 5.91 Å². The Morgan fingerprint density at radius 3 is 2.62 bits per heavy atom. The van der Waals surface area contributed by atoms with Crippen molar-refractivity contribution in [3.8, 4) is 0 Å². The topological polar surface area (TPSA) is 102 Å². The van der Waals surface area contributed by atoms with Crippen LogP contribution in [0.4, 0.5) is 5.82 Å². The van der Waals surface area contributed by atoms with Crippen LogP contribution in [0.15, 0.2) is 72.0 Å². The van der Waals surface area contributed by atoms with Crippen LogP contribution in [0.1, 0.15) is 36.8 Å². The van der Waals surface area contributed by atoms with Gasteiger partial charge in [-0.1, -0.05) is 25.6 Å². The highest BCUT2D eigenvalue weighted by Gasteiger charge is 2.25. The van der Waals surface area contributed by atoms with Gasteiger partial charge in [0.15, 0.2) is 5.65 Å². The summed E-state index contributed by atoms with van der Waals surface area (Å²) in [5.74, 6) is 0.531. The van der Waals surface area contributed by atoms with Gasteiger partial charge in [0, 0.05) is 43.0 Å². The van der Waals surface area contributed by atoms with Crippen LogP contribution in [0.2, 0.25) is 0 Å². The number of carbonyl (C=O) groups excluding carboxylic acids is 1. The number of aromatic amines is 1. The third-order valence-electron chi connectivity index (χ3n) is 6.33. The van der Waals surface area contributed by atoms with Crippen LogP contribution in [0.5, 0.6) is 0 Å². The Morgan fingerprint density at radius 1 is 0.971 bits per heavy atom. The van der Waals surface area contributed by atoms with E-state index in [1.54, 1.807) is 23.0 Å². The number of aromatic nitrogens is 6. The number of fused-ring (bicyclic) bond motifs is 2. The summed E-state index contributed by atoms with van der Waals surface area (Å²) in [6.45, 7) is 1.45. The number of pyridine rings is 1. The lowest BCUT2D eigenvalue weighted by molar-refractivity contribution is 0.0960. The van der Waals surface area contributed by atoms with Gasteiger partial charge in [0.1, 0.15) is 17.8 Å². The maximum Gasteiger partial charge on any atom is 0.327 e. The molecule has 0 aliphatic carbocycles. The molecule has 5 heterocycles. The molecule has 1 aliphatic rings. The van der Waals surface area contributed by atoms with Gasteiger partial charge in [-0.15, -0.1) is 0 Å². The molecule has 0 spiro atoms. The molecule has 0 atom stereocenters. The van der Waals surface area contributed by atoms with Gasteiger partial charge in [-0.2, -0.15) is 0 Å². The predicted molar refractivity (Wildman–Crippen MR) is 131 cm³/mol. The number of para-hydroxylation sites is 1. The molecule has 5 aromatic rings. The Bertz CT molecular complexity index is 1540. The van der Waals surface area contributed by atoms with Crippen LogP contribution in [0, 0.1) is 0 Å². The summed E-state index contributed by atoms with van der Waals surface area (Å²) >= 11 is 0. The van der Waals surface area contributed by atoms with E-state index in [0.29, 0.717) is 11.3 Å². The Hall–Kier alpha value is -4.27. The number of piperidine rings is 1. The first-order valence-corrected chi connectivity index (χ1v) is 10.9. The van der Waals surface area contributed by atoms with Crippen LogP contribution >= 0.6 is 0 Å². The van der Waals surface area contributed by atoms with Gasteiger partial charge in [-0.3, -0.25) is 18.9 Å². The Balaban J connectivity index is 0.00000241. The second-order valence-electron chi connectivity index (χ2n) is 8.20. The first-order valence-electron chi connectivity index (χ1n) is 10.9. The van der Waals surface area contributed by atoms with Crippen LogP contribution in [0.3, 0.4) is 0 Å². The molecule has 0 bridgehead atoms. The van der Waals surface area contributed by atoms with Crippen LogP contribution in [-0.2, 0) is 0 Å². The zero-order valence-electron chi connectivity index (χ0n) is 17.8. The lowest BCUT2D eigenvalue weighted by Gasteiger charge is -2.33. The van der Waals surface area contributed by atoms with Crippen molar-refractivity contribution in [2.24, 2.45) is 0 Å². The highest BCUT2D eigenvalue weighted by atomic mass is 16.2. The summed E-state index contributed by atoms with van der Waals surface area (Å²) in [6, 6.07) is 15.3. The largest absolute Gasteiger partial charge is 0.356 e. The minimum Gasteiger partial charge on any atom is -0.356 e. The number of imidazole rings is 1. The monoisotopic (exact) mass is 455 g/mol. The zero-order valence-corrected chi connectivity index (χ0v) is 17.8. The number of rotatable bonds is 3. The quantitative estimate of drug-likeness (QED) is 0.446. The second kappa shape index (κ2) is 8.58. The van der Waals surface area contributed by atoms with E-state index in [9.17, 15) is 9.59 Å². The fourth-order valence-corrected chi connectivity index (χ4v) is 4.69. The molecule has 0 radical (unpaired) electrons. The summed E-state index contributed by atoms with van der Waals surface area (Å²) < 4.78 is 3.43. The number of hydrogen-bond donors (Lipinski definition) is 1. The number of nitrogens with zero attached hydrogens (tertiary/aromatic N) is 6. The molecule has 1 aromatic carbocycles. The van der Waals surface area contributed by atoms with Crippen molar-refractivity contribution in [1.29, 1.82) is 0 Å². The highest BCUT2D eigenvalue weighted by Crippen LogP contribution is 2.27. The standard InChI is InChI=1S/C24H21N7O2.CH4/c32-23(30-13-7-16-4-1-2-5-19(16)30)18-14-21(27-15-26-18)29-11-8-17(9-12-29)31-20-6-3-10-25-22(20)28-24(31)33;/h1-7,10,13-15,17H,8-9,11-12H2,(H,25,28,33);1H4. The number of carbonyl (C=O) groups is 1. The first kappa shape index (κ1) is 21.6. The van der Waals surface area contributed by atoms with Crippen LogP contribution in [0.25, 0.3) is 22.1 Å². The predicted octanol–water partition coefficient (Wildman–Crippen LogP) is 3.64. The van der Waals surface area contributed by atoms with Crippen molar-refractivity contribution in [2.75, 3.05) is 18.0 Å². The van der Waals surface area contributed by atoms with E-state index < -0.39 is 0 Å². The molecule has 6 rings (SSSR count). The average Bonchev–Trinajstić information content (AvgIpc) is 3.44. The lowest BCUT2D eigenvalue weighted by atomic mass is 10.0. The smallest absolute Gasteiger partial charge is 0.327 e. The number of hydrogen-bond acceptors (Lipinski definition) is 6. The summed E-state index contributed by atoms with van der Waals surface area (Å²) in [7, 11) is 0. The number of anilines is 1. The maximum atomic E-state index is 13.1. The summed E-state index contributed by atoms with van der Waals surface area (Å²) in [5, 5.41) is 1.00. The SMILES string of the molecule is C.O=C(c1cc(N2CCC(n3c(=O)[nH]c4ncccc43)CC2)ncn1)n1ccc2ccccc21. The molecule has 9 heteroatoms. The van der Waals surface area contributed by atoms with Gasteiger partial charge in [0.05, 0.1) is 11.0 Å². The molecule has 34 heavy (non-hydrogen) atoms. The van der Waals surface area contributed by atoms with Gasteiger partial charge in [-0.05, 0) is 37.1 Å². The Morgan fingerprint density at radius 2 is 1.76 bits per heavy atom. The lowest BCUT2D eigenvalue weighted by Crippen LogP contribution is -2.37. The molecule has 0 unspecified atom stereocenters. The van der Waals surface area contributed by atoms with E-state index in [1.807, 2.05) is 47.0 Å². The minimum absolute atomic E-state index is 0. The molecule has 0 amide bonds. The molecule has 1 saturated heterocycles. The third-order valence-corrected chi connectivity index (χ3v) is 6.33. The molecular weight excluding hydrogens is 430 g/mol. The molecular formula is C25H25N7O2.